The minimum absolute atomic E-state index is 0.358. The van der Waals surface area contributed by atoms with E-state index in [-0.39, 0.29) is 6.10 Å². The fraction of sp³-hybridized carbons (Fsp3) is 0.933. The molecule has 2 aliphatic carbocycles. The van der Waals surface area contributed by atoms with Crippen molar-refractivity contribution in [2.24, 2.45) is 17.3 Å². The van der Waals surface area contributed by atoms with E-state index in [1.165, 1.54) is 19.3 Å². The third kappa shape index (κ3) is 2.50. The van der Waals surface area contributed by atoms with Crippen molar-refractivity contribution in [1.82, 2.24) is 0 Å². The van der Waals surface area contributed by atoms with Gasteiger partial charge in [-0.15, -0.1) is 0 Å². The van der Waals surface area contributed by atoms with Crippen LogP contribution in [0, 0.1) is 28.6 Å². The van der Waals surface area contributed by atoms with Gasteiger partial charge < -0.3 is 5.11 Å². The molecule has 2 nitrogen and oxygen atoms in total. The molecule has 0 saturated heterocycles. The van der Waals surface area contributed by atoms with Crippen molar-refractivity contribution in [3.8, 4) is 6.07 Å². The van der Waals surface area contributed by atoms with E-state index in [9.17, 15) is 10.4 Å². The smallest absolute Gasteiger partial charge is 0.0835 e. The molecular formula is C15H25NO. The predicted octanol–water partition coefficient (Wildman–Crippen LogP) is 3.65. The summed E-state index contributed by atoms with van der Waals surface area (Å²) < 4.78 is 0. The Hall–Kier alpha value is -0.550. The lowest BCUT2D eigenvalue weighted by atomic mass is 9.62. The first kappa shape index (κ1) is 12.9. The Morgan fingerprint density at radius 3 is 2.35 bits per heavy atom. The SMILES string of the molecule is CCCC1CCC(C#N)(C(O)C2CCC2)CC1. The molecule has 2 fully saturated rings. The molecule has 0 aromatic heterocycles. The number of nitriles is 1. The summed E-state index contributed by atoms with van der Waals surface area (Å²) in [6.45, 7) is 2.23. The van der Waals surface area contributed by atoms with Gasteiger partial charge in [0.15, 0.2) is 0 Å². The van der Waals surface area contributed by atoms with Crippen LogP contribution >= 0.6 is 0 Å². The maximum absolute atomic E-state index is 10.4. The summed E-state index contributed by atoms with van der Waals surface area (Å²) >= 11 is 0. The maximum Gasteiger partial charge on any atom is 0.0835 e. The molecule has 1 atom stereocenters. The molecule has 2 rings (SSSR count). The molecule has 0 radical (unpaired) electrons. The first-order valence-electron chi connectivity index (χ1n) is 7.31. The van der Waals surface area contributed by atoms with Gasteiger partial charge in [-0.25, -0.2) is 0 Å². The lowest BCUT2D eigenvalue weighted by Crippen LogP contribution is -2.44. The van der Waals surface area contributed by atoms with E-state index in [2.05, 4.69) is 13.0 Å². The quantitative estimate of drug-likeness (QED) is 0.808. The Kier molecular flexibility index (Phi) is 4.09. The second kappa shape index (κ2) is 5.40. The van der Waals surface area contributed by atoms with E-state index in [1.54, 1.807) is 0 Å². The molecule has 0 aromatic rings. The van der Waals surface area contributed by atoms with Crippen molar-refractivity contribution in [1.29, 1.82) is 5.26 Å². The molecule has 0 aliphatic heterocycles. The van der Waals surface area contributed by atoms with Gasteiger partial charge in [0.1, 0.15) is 0 Å². The number of nitrogens with zero attached hydrogens (tertiary/aromatic N) is 1. The summed E-state index contributed by atoms with van der Waals surface area (Å²) in [5.41, 5.74) is -0.407. The highest BCUT2D eigenvalue weighted by Gasteiger charge is 2.45. The summed E-state index contributed by atoms with van der Waals surface area (Å²) in [6.07, 6.45) is 9.81. The van der Waals surface area contributed by atoms with E-state index < -0.39 is 5.41 Å². The second-order valence-corrected chi connectivity index (χ2v) is 6.14. The number of hydrogen-bond acceptors (Lipinski definition) is 2. The van der Waals surface area contributed by atoms with E-state index in [0.717, 1.165) is 44.4 Å². The molecule has 17 heavy (non-hydrogen) atoms. The van der Waals surface area contributed by atoms with Gasteiger partial charge in [-0.1, -0.05) is 26.2 Å². The summed E-state index contributed by atoms with van der Waals surface area (Å²) in [4.78, 5) is 0. The first-order valence-corrected chi connectivity index (χ1v) is 7.31. The third-order valence-electron chi connectivity index (χ3n) is 5.08. The van der Waals surface area contributed by atoms with Gasteiger partial charge in [0.2, 0.25) is 0 Å². The van der Waals surface area contributed by atoms with Gasteiger partial charge >= 0.3 is 0 Å². The molecule has 0 aromatic carbocycles. The van der Waals surface area contributed by atoms with E-state index in [4.69, 9.17) is 0 Å². The Morgan fingerprint density at radius 1 is 1.29 bits per heavy atom. The van der Waals surface area contributed by atoms with Gasteiger partial charge in [-0.2, -0.15) is 5.26 Å². The number of aliphatic hydroxyl groups is 1. The number of hydrogen-bond donors (Lipinski definition) is 1. The molecule has 96 valence electrons. The number of aliphatic hydroxyl groups excluding tert-OH is 1. The molecule has 0 bridgehead atoms. The van der Waals surface area contributed by atoms with Crippen molar-refractivity contribution in [2.45, 2.75) is 70.8 Å². The van der Waals surface area contributed by atoms with E-state index >= 15 is 0 Å². The summed E-state index contributed by atoms with van der Waals surface area (Å²) in [7, 11) is 0. The lowest BCUT2D eigenvalue weighted by molar-refractivity contribution is -0.0401. The highest BCUT2D eigenvalue weighted by atomic mass is 16.3. The molecule has 0 amide bonds. The Morgan fingerprint density at radius 2 is 1.94 bits per heavy atom. The van der Waals surface area contributed by atoms with Gasteiger partial charge in [0, 0.05) is 0 Å². The van der Waals surface area contributed by atoms with Crippen molar-refractivity contribution in [2.75, 3.05) is 0 Å². The first-order chi connectivity index (χ1) is 8.22. The summed E-state index contributed by atoms with van der Waals surface area (Å²) in [5, 5.41) is 19.9. The van der Waals surface area contributed by atoms with Gasteiger partial charge in [-0.3, -0.25) is 0 Å². The van der Waals surface area contributed by atoms with Gasteiger partial charge in [-0.05, 0) is 50.4 Å². The van der Waals surface area contributed by atoms with Gasteiger partial charge in [0.25, 0.3) is 0 Å². The molecule has 2 saturated carbocycles. The Balaban J connectivity index is 1.95. The average molecular weight is 235 g/mol. The topological polar surface area (TPSA) is 44.0 Å². The number of rotatable bonds is 4. The van der Waals surface area contributed by atoms with Crippen LogP contribution in [0.1, 0.15) is 64.7 Å². The standard InChI is InChI=1S/C15H25NO/c1-2-4-12-7-9-15(11-16,10-8-12)14(17)13-5-3-6-13/h12-14,17H,2-10H2,1H3. The van der Waals surface area contributed by atoms with Crippen molar-refractivity contribution >= 4 is 0 Å². The molecule has 0 spiro atoms. The fourth-order valence-corrected chi connectivity index (χ4v) is 3.57. The van der Waals surface area contributed by atoms with Crippen LogP contribution in [-0.4, -0.2) is 11.2 Å². The Bertz CT molecular complexity index is 282. The third-order valence-corrected chi connectivity index (χ3v) is 5.08. The summed E-state index contributed by atoms with van der Waals surface area (Å²) in [6, 6.07) is 2.48. The van der Waals surface area contributed by atoms with Crippen LogP contribution in [0.15, 0.2) is 0 Å². The zero-order valence-corrected chi connectivity index (χ0v) is 11.0. The van der Waals surface area contributed by atoms with Crippen molar-refractivity contribution in [3.05, 3.63) is 0 Å². The van der Waals surface area contributed by atoms with Gasteiger partial charge in [0.05, 0.1) is 17.6 Å². The van der Waals surface area contributed by atoms with Crippen molar-refractivity contribution < 1.29 is 5.11 Å². The van der Waals surface area contributed by atoms with Crippen LogP contribution in [0.5, 0.6) is 0 Å². The second-order valence-electron chi connectivity index (χ2n) is 6.14. The minimum atomic E-state index is -0.407. The van der Waals surface area contributed by atoms with Crippen LogP contribution in [0.3, 0.4) is 0 Å². The van der Waals surface area contributed by atoms with Crippen LogP contribution < -0.4 is 0 Å². The van der Waals surface area contributed by atoms with Crippen LogP contribution in [0.2, 0.25) is 0 Å². The highest BCUT2D eigenvalue weighted by molar-refractivity contribution is 5.08. The highest BCUT2D eigenvalue weighted by Crippen LogP contribution is 2.47. The zero-order chi connectivity index (χ0) is 12.3. The summed E-state index contributed by atoms with van der Waals surface area (Å²) in [5.74, 6) is 1.22. The molecule has 0 heterocycles. The van der Waals surface area contributed by atoms with Crippen LogP contribution in [0.25, 0.3) is 0 Å². The lowest BCUT2D eigenvalue weighted by Gasteiger charge is -2.43. The molecular weight excluding hydrogens is 210 g/mol. The van der Waals surface area contributed by atoms with Crippen LogP contribution in [-0.2, 0) is 0 Å². The average Bonchev–Trinajstić information content (AvgIpc) is 2.28. The molecule has 1 unspecified atom stereocenters. The monoisotopic (exact) mass is 235 g/mol. The maximum atomic E-state index is 10.4. The minimum Gasteiger partial charge on any atom is -0.391 e. The molecule has 2 aliphatic rings. The van der Waals surface area contributed by atoms with Crippen molar-refractivity contribution in [3.63, 3.8) is 0 Å². The molecule has 1 N–H and O–H groups in total. The fourth-order valence-electron chi connectivity index (χ4n) is 3.57. The Labute approximate surface area is 105 Å². The van der Waals surface area contributed by atoms with E-state index in [0.29, 0.717) is 5.92 Å². The largest absolute Gasteiger partial charge is 0.391 e. The van der Waals surface area contributed by atoms with Crippen LogP contribution in [0.4, 0.5) is 0 Å². The normalized spacial score (nSPS) is 35.9. The molecule has 2 heteroatoms. The van der Waals surface area contributed by atoms with E-state index in [1.807, 2.05) is 0 Å². The zero-order valence-electron chi connectivity index (χ0n) is 11.0. The predicted molar refractivity (Wildman–Crippen MR) is 68.3 cm³/mol.